The first-order valence-electron chi connectivity index (χ1n) is 18.2. The number of ether oxygens (including phenoxy) is 2. The predicted molar refractivity (Wildman–Crippen MR) is 200 cm³/mol. The zero-order chi connectivity index (χ0) is 38.3. The SMILES string of the molecule is Cc1cccc(C)c1OCC(=O)NC(Cc1ccccc1)[C@H](CC(Cc1ccccc1)NC(=O)[C@H](C(C)C)N1CCCNC1=O)OC(=O)CCC(=O)O. The number of carboxylic acids is 1. The fourth-order valence-electron chi connectivity index (χ4n) is 6.66. The van der Waals surface area contributed by atoms with Crippen molar-refractivity contribution in [3.8, 4) is 5.75 Å². The minimum absolute atomic E-state index is 0.0754. The molecule has 3 aromatic carbocycles. The molecule has 284 valence electrons. The topological polar surface area (TPSA) is 163 Å². The Balaban J connectivity index is 1.67. The summed E-state index contributed by atoms with van der Waals surface area (Å²) in [5, 5.41) is 18.3. The van der Waals surface area contributed by atoms with E-state index in [4.69, 9.17) is 9.47 Å². The number of nitrogens with one attached hydrogen (secondary N) is 3. The van der Waals surface area contributed by atoms with Gasteiger partial charge in [-0.05, 0) is 61.3 Å². The lowest BCUT2D eigenvalue weighted by Crippen LogP contribution is -2.59. The Morgan fingerprint density at radius 3 is 2.06 bits per heavy atom. The van der Waals surface area contributed by atoms with Crippen LogP contribution in [0.3, 0.4) is 0 Å². The third-order valence-corrected chi connectivity index (χ3v) is 9.21. The number of carboxylic acid groups (broad SMARTS) is 1. The maximum atomic E-state index is 14.1. The molecule has 4 N–H and O–H groups in total. The molecule has 0 radical (unpaired) electrons. The molecule has 0 aliphatic carbocycles. The Morgan fingerprint density at radius 1 is 0.849 bits per heavy atom. The highest BCUT2D eigenvalue weighted by molar-refractivity contribution is 5.88. The zero-order valence-corrected chi connectivity index (χ0v) is 31.0. The first-order chi connectivity index (χ1) is 25.4. The summed E-state index contributed by atoms with van der Waals surface area (Å²) in [5.74, 6) is -2.29. The van der Waals surface area contributed by atoms with Gasteiger partial charge < -0.3 is 35.4 Å². The summed E-state index contributed by atoms with van der Waals surface area (Å²) in [4.78, 5) is 66.7. The Kier molecular flexibility index (Phi) is 15.2. The largest absolute Gasteiger partial charge is 0.483 e. The van der Waals surface area contributed by atoms with Crippen LogP contribution in [0.15, 0.2) is 78.9 Å². The Bertz CT molecular complexity index is 1660. The van der Waals surface area contributed by atoms with Gasteiger partial charge in [0.2, 0.25) is 5.91 Å². The van der Waals surface area contributed by atoms with Gasteiger partial charge in [0.1, 0.15) is 17.9 Å². The van der Waals surface area contributed by atoms with E-state index in [0.29, 0.717) is 31.7 Å². The molecule has 1 aliphatic heterocycles. The number of benzene rings is 3. The van der Waals surface area contributed by atoms with E-state index < -0.39 is 48.5 Å². The molecule has 1 fully saturated rings. The van der Waals surface area contributed by atoms with Crippen LogP contribution >= 0.6 is 0 Å². The molecule has 0 spiro atoms. The van der Waals surface area contributed by atoms with Crippen molar-refractivity contribution in [2.75, 3.05) is 19.7 Å². The fourth-order valence-corrected chi connectivity index (χ4v) is 6.66. The summed E-state index contributed by atoms with van der Waals surface area (Å²) >= 11 is 0. The molecular formula is C41H52N4O8. The van der Waals surface area contributed by atoms with Crippen LogP contribution < -0.4 is 20.7 Å². The maximum absolute atomic E-state index is 14.1. The highest BCUT2D eigenvalue weighted by atomic mass is 16.5. The van der Waals surface area contributed by atoms with E-state index in [1.807, 2.05) is 107 Å². The third kappa shape index (κ3) is 12.7. The molecule has 3 aromatic rings. The van der Waals surface area contributed by atoms with Crippen LogP contribution in [0.2, 0.25) is 0 Å². The molecule has 12 nitrogen and oxygen atoms in total. The van der Waals surface area contributed by atoms with E-state index in [2.05, 4.69) is 16.0 Å². The summed E-state index contributed by atoms with van der Waals surface area (Å²) < 4.78 is 12.0. The van der Waals surface area contributed by atoms with Crippen molar-refractivity contribution < 1.29 is 38.6 Å². The van der Waals surface area contributed by atoms with Gasteiger partial charge in [0.05, 0.1) is 18.9 Å². The van der Waals surface area contributed by atoms with Crippen LogP contribution in [-0.4, -0.2) is 83.7 Å². The molecular weight excluding hydrogens is 676 g/mol. The van der Waals surface area contributed by atoms with Gasteiger partial charge in [-0.3, -0.25) is 19.2 Å². The average Bonchev–Trinajstić information content (AvgIpc) is 3.11. The van der Waals surface area contributed by atoms with Gasteiger partial charge in [-0.15, -0.1) is 0 Å². The van der Waals surface area contributed by atoms with E-state index in [1.165, 1.54) is 0 Å². The van der Waals surface area contributed by atoms with E-state index in [-0.39, 0.29) is 43.7 Å². The Labute approximate surface area is 311 Å². The first-order valence-corrected chi connectivity index (χ1v) is 18.2. The lowest BCUT2D eigenvalue weighted by atomic mass is 9.92. The van der Waals surface area contributed by atoms with Crippen molar-refractivity contribution in [2.45, 2.75) is 90.4 Å². The summed E-state index contributed by atoms with van der Waals surface area (Å²) in [6.07, 6.45) is -0.392. The van der Waals surface area contributed by atoms with Gasteiger partial charge in [0.25, 0.3) is 5.91 Å². The van der Waals surface area contributed by atoms with Crippen molar-refractivity contribution >= 4 is 29.8 Å². The molecule has 1 aliphatic rings. The van der Waals surface area contributed by atoms with Crippen molar-refractivity contribution in [1.82, 2.24) is 20.9 Å². The number of nitrogens with zero attached hydrogens (tertiary/aromatic N) is 1. The van der Waals surface area contributed by atoms with Gasteiger partial charge in [0, 0.05) is 25.6 Å². The van der Waals surface area contributed by atoms with Crippen LogP contribution in [-0.2, 0) is 36.8 Å². The van der Waals surface area contributed by atoms with Crippen LogP contribution in [0.25, 0.3) is 0 Å². The number of hydrogen-bond acceptors (Lipinski definition) is 7. The molecule has 53 heavy (non-hydrogen) atoms. The number of rotatable bonds is 19. The predicted octanol–water partition coefficient (Wildman–Crippen LogP) is 4.74. The number of aliphatic carboxylic acids is 1. The number of carbonyl (C=O) groups is 5. The molecule has 1 saturated heterocycles. The number of hydrogen-bond donors (Lipinski definition) is 4. The number of aryl methyl sites for hydroxylation is 2. The molecule has 2 unspecified atom stereocenters. The summed E-state index contributed by atoms with van der Waals surface area (Å²) in [7, 11) is 0. The second kappa shape index (κ2) is 20.0. The summed E-state index contributed by atoms with van der Waals surface area (Å²) in [6.45, 7) is 8.24. The number of carbonyl (C=O) groups excluding carboxylic acids is 4. The number of para-hydroxylation sites is 1. The maximum Gasteiger partial charge on any atom is 0.318 e. The van der Waals surface area contributed by atoms with Gasteiger partial charge in [0.15, 0.2) is 6.61 Å². The molecule has 4 amide bonds. The van der Waals surface area contributed by atoms with Crippen LogP contribution in [0, 0.1) is 19.8 Å². The molecule has 4 rings (SSSR count). The lowest BCUT2D eigenvalue weighted by molar-refractivity contribution is -0.154. The van der Waals surface area contributed by atoms with Crippen LogP contribution in [0.4, 0.5) is 4.79 Å². The lowest BCUT2D eigenvalue weighted by Gasteiger charge is -2.37. The Hall–Kier alpha value is -5.39. The zero-order valence-electron chi connectivity index (χ0n) is 31.0. The van der Waals surface area contributed by atoms with Crippen molar-refractivity contribution in [1.29, 1.82) is 0 Å². The molecule has 12 heteroatoms. The van der Waals surface area contributed by atoms with Gasteiger partial charge in [-0.2, -0.15) is 0 Å². The molecule has 1 heterocycles. The minimum atomic E-state index is -1.15. The van der Waals surface area contributed by atoms with E-state index in [9.17, 15) is 29.1 Å². The van der Waals surface area contributed by atoms with Gasteiger partial charge in [-0.25, -0.2) is 4.79 Å². The van der Waals surface area contributed by atoms with Crippen molar-refractivity contribution in [3.63, 3.8) is 0 Å². The highest BCUT2D eigenvalue weighted by Crippen LogP contribution is 2.23. The van der Waals surface area contributed by atoms with E-state index in [1.54, 1.807) is 4.90 Å². The normalized spacial score (nSPS) is 15.0. The second-order valence-corrected chi connectivity index (χ2v) is 13.9. The minimum Gasteiger partial charge on any atom is -0.483 e. The third-order valence-electron chi connectivity index (χ3n) is 9.21. The summed E-state index contributed by atoms with van der Waals surface area (Å²) in [6, 6.07) is 22.2. The quantitative estimate of drug-likeness (QED) is 0.129. The van der Waals surface area contributed by atoms with Gasteiger partial charge >= 0.3 is 18.0 Å². The van der Waals surface area contributed by atoms with Crippen LogP contribution in [0.1, 0.15) is 61.8 Å². The fraction of sp³-hybridized carbons (Fsp3) is 0.439. The number of amides is 4. The molecule has 0 saturated carbocycles. The average molecular weight is 729 g/mol. The standard InChI is InChI=1S/C41H52N4O8/c1-27(2)38(45-22-12-21-42-41(45)51)40(50)43-32(23-30-15-7-5-8-16-30)25-34(53-37(49)20-19-36(47)48)33(24-31-17-9-6-10-18-31)44-35(46)26-52-39-28(3)13-11-14-29(39)4/h5-11,13-18,27,32-34,38H,12,19-26H2,1-4H3,(H,42,51)(H,43,50)(H,44,46)(H,47,48)/t32?,33?,34-,38-/m0/s1. The smallest absolute Gasteiger partial charge is 0.318 e. The monoisotopic (exact) mass is 728 g/mol. The molecule has 0 bridgehead atoms. The summed E-state index contributed by atoms with van der Waals surface area (Å²) in [5.41, 5.74) is 3.53. The number of urea groups is 1. The first kappa shape index (κ1) is 40.4. The second-order valence-electron chi connectivity index (χ2n) is 13.9. The molecule has 0 aromatic heterocycles. The van der Waals surface area contributed by atoms with Gasteiger partial charge in [-0.1, -0.05) is 92.7 Å². The molecule has 4 atom stereocenters. The van der Waals surface area contributed by atoms with Crippen molar-refractivity contribution in [3.05, 3.63) is 101 Å². The number of esters is 1. The van der Waals surface area contributed by atoms with Crippen LogP contribution in [0.5, 0.6) is 5.75 Å². The van der Waals surface area contributed by atoms with Crippen molar-refractivity contribution in [2.24, 2.45) is 5.92 Å². The van der Waals surface area contributed by atoms with E-state index in [0.717, 1.165) is 22.3 Å². The highest BCUT2D eigenvalue weighted by Gasteiger charge is 2.36. The van der Waals surface area contributed by atoms with E-state index >= 15 is 0 Å². The Morgan fingerprint density at radius 2 is 1.47 bits per heavy atom.